The third-order valence-electron chi connectivity index (χ3n) is 4.09. The van der Waals surface area contributed by atoms with Crippen LogP contribution in [-0.4, -0.2) is 22.3 Å². The van der Waals surface area contributed by atoms with Crippen LogP contribution < -0.4 is 4.74 Å². The van der Waals surface area contributed by atoms with E-state index in [2.05, 4.69) is 20.8 Å². The van der Waals surface area contributed by atoms with Gasteiger partial charge in [-0.15, -0.1) is 0 Å². The Kier molecular flexibility index (Phi) is 5.79. The molecule has 0 radical (unpaired) electrons. The lowest BCUT2D eigenvalue weighted by atomic mass is 9.86. The molecule has 2 rings (SSSR count). The monoisotopic (exact) mass is 368 g/mol. The molecule has 0 bridgehead atoms. The molecular formula is C23H28O4. The zero-order valence-corrected chi connectivity index (χ0v) is 16.9. The fourth-order valence-electron chi connectivity index (χ4n) is 2.66. The van der Waals surface area contributed by atoms with Crippen LogP contribution in [0.25, 0.3) is 0 Å². The summed E-state index contributed by atoms with van der Waals surface area (Å²) in [4.78, 5) is 24.9. The zero-order valence-electron chi connectivity index (χ0n) is 16.9. The second-order valence-corrected chi connectivity index (χ2v) is 8.74. The van der Waals surface area contributed by atoms with E-state index in [1.807, 2.05) is 32.9 Å². The predicted octanol–water partition coefficient (Wildman–Crippen LogP) is 5.32. The number of aromatic hydroxyl groups is 1. The smallest absolute Gasteiger partial charge is 0.174 e. The lowest BCUT2D eigenvalue weighted by molar-refractivity contribution is 0.0893. The van der Waals surface area contributed by atoms with Crippen LogP contribution >= 0.6 is 0 Å². The van der Waals surface area contributed by atoms with Gasteiger partial charge in [-0.1, -0.05) is 45.0 Å². The molecule has 0 unspecified atom stereocenters. The number of Topliss-reactive ketones (excluding diaryl/α,β-unsaturated/α-hetero) is 2. The average molecular weight is 368 g/mol. The van der Waals surface area contributed by atoms with Crippen molar-refractivity contribution in [1.82, 2.24) is 0 Å². The third kappa shape index (κ3) is 5.68. The SMILES string of the molecule is CC(C)(C)Oc1ccc(C(=O)CC(=O)c2ccc(C(C)(C)C)cc2)c(O)c1. The van der Waals surface area contributed by atoms with Crippen LogP contribution in [0.4, 0.5) is 0 Å². The molecule has 0 aliphatic heterocycles. The highest BCUT2D eigenvalue weighted by molar-refractivity contribution is 6.14. The lowest BCUT2D eigenvalue weighted by Gasteiger charge is -2.21. The van der Waals surface area contributed by atoms with Gasteiger partial charge in [0.1, 0.15) is 17.1 Å². The maximum absolute atomic E-state index is 12.5. The molecule has 2 aromatic rings. The Bertz CT molecular complexity index is 834. The number of ether oxygens (including phenoxy) is 1. The Morgan fingerprint density at radius 2 is 1.48 bits per heavy atom. The van der Waals surface area contributed by atoms with Crippen molar-refractivity contribution in [3.05, 3.63) is 59.2 Å². The van der Waals surface area contributed by atoms with Crippen molar-refractivity contribution in [2.45, 2.75) is 59.0 Å². The van der Waals surface area contributed by atoms with Crippen LogP contribution in [0.2, 0.25) is 0 Å². The Morgan fingerprint density at radius 3 is 1.96 bits per heavy atom. The van der Waals surface area contributed by atoms with Gasteiger partial charge in [0.05, 0.1) is 12.0 Å². The van der Waals surface area contributed by atoms with Crippen molar-refractivity contribution in [2.24, 2.45) is 0 Å². The molecule has 1 N–H and O–H groups in total. The van der Waals surface area contributed by atoms with E-state index in [-0.39, 0.29) is 28.9 Å². The van der Waals surface area contributed by atoms with E-state index in [9.17, 15) is 14.7 Å². The Morgan fingerprint density at radius 1 is 0.889 bits per heavy atom. The van der Waals surface area contributed by atoms with Crippen molar-refractivity contribution < 1.29 is 19.4 Å². The van der Waals surface area contributed by atoms with E-state index in [0.717, 1.165) is 5.56 Å². The van der Waals surface area contributed by atoms with Gasteiger partial charge in [0.15, 0.2) is 11.6 Å². The Balaban J connectivity index is 2.11. The third-order valence-corrected chi connectivity index (χ3v) is 4.09. The molecule has 0 aliphatic carbocycles. The van der Waals surface area contributed by atoms with Crippen molar-refractivity contribution in [3.8, 4) is 11.5 Å². The van der Waals surface area contributed by atoms with Crippen LogP contribution in [0.1, 0.15) is 74.2 Å². The van der Waals surface area contributed by atoms with E-state index in [0.29, 0.717) is 11.3 Å². The summed E-state index contributed by atoms with van der Waals surface area (Å²) >= 11 is 0. The minimum absolute atomic E-state index is 0.0000582. The van der Waals surface area contributed by atoms with Crippen molar-refractivity contribution >= 4 is 11.6 Å². The van der Waals surface area contributed by atoms with Gasteiger partial charge in [-0.2, -0.15) is 0 Å². The number of ketones is 2. The number of hydrogen-bond donors (Lipinski definition) is 1. The van der Waals surface area contributed by atoms with Crippen LogP contribution in [0.5, 0.6) is 11.5 Å². The number of hydrogen-bond acceptors (Lipinski definition) is 4. The quantitative estimate of drug-likeness (QED) is 0.573. The molecule has 4 heteroatoms. The van der Waals surface area contributed by atoms with Crippen LogP contribution in [-0.2, 0) is 5.41 Å². The van der Waals surface area contributed by atoms with E-state index in [1.54, 1.807) is 18.2 Å². The van der Waals surface area contributed by atoms with Crippen LogP contribution in [0, 0.1) is 0 Å². The summed E-state index contributed by atoms with van der Waals surface area (Å²) in [5.74, 6) is -0.396. The summed E-state index contributed by atoms with van der Waals surface area (Å²) in [6.07, 6.45) is -0.290. The zero-order chi connectivity index (χ0) is 20.4. The van der Waals surface area contributed by atoms with E-state index in [1.165, 1.54) is 12.1 Å². The molecule has 0 amide bonds. The first-order chi connectivity index (χ1) is 12.4. The fourth-order valence-corrected chi connectivity index (χ4v) is 2.66. The van der Waals surface area contributed by atoms with Crippen molar-refractivity contribution in [1.29, 1.82) is 0 Å². The largest absolute Gasteiger partial charge is 0.507 e. The Labute approximate surface area is 161 Å². The van der Waals surface area contributed by atoms with Gasteiger partial charge in [-0.3, -0.25) is 9.59 Å². The van der Waals surface area contributed by atoms with Gasteiger partial charge in [-0.25, -0.2) is 0 Å². The molecule has 2 aromatic carbocycles. The van der Waals surface area contributed by atoms with Gasteiger partial charge >= 0.3 is 0 Å². The average Bonchev–Trinajstić information content (AvgIpc) is 2.52. The topological polar surface area (TPSA) is 63.6 Å². The first kappa shape index (κ1) is 20.7. The molecule has 0 atom stereocenters. The second-order valence-electron chi connectivity index (χ2n) is 8.74. The molecule has 4 nitrogen and oxygen atoms in total. The van der Waals surface area contributed by atoms with E-state index < -0.39 is 11.4 Å². The molecule has 0 fully saturated rings. The number of phenolic OH excluding ortho intramolecular Hbond substituents is 1. The van der Waals surface area contributed by atoms with Crippen molar-refractivity contribution in [3.63, 3.8) is 0 Å². The summed E-state index contributed by atoms with van der Waals surface area (Å²) in [7, 11) is 0. The highest BCUT2D eigenvalue weighted by Crippen LogP contribution is 2.28. The van der Waals surface area contributed by atoms with Gasteiger partial charge in [-0.05, 0) is 43.9 Å². The van der Waals surface area contributed by atoms with Crippen molar-refractivity contribution in [2.75, 3.05) is 0 Å². The number of carbonyl (C=O) groups is 2. The van der Waals surface area contributed by atoms with Crippen LogP contribution in [0.3, 0.4) is 0 Å². The first-order valence-corrected chi connectivity index (χ1v) is 9.06. The fraction of sp³-hybridized carbons (Fsp3) is 0.391. The van der Waals surface area contributed by atoms with Gasteiger partial charge < -0.3 is 9.84 Å². The number of carbonyl (C=O) groups excluding carboxylic acids is 2. The molecule has 0 aromatic heterocycles. The molecule has 0 aliphatic rings. The van der Waals surface area contributed by atoms with Gasteiger partial charge in [0, 0.05) is 11.6 Å². The van der Waals surface area contributed by atoms with Gasteiger partial charge in [0.25, 0.3) is 0 Å². The molecule has 0 spiro atoms. The normalized spacial score (nSPS) is 11.9. The summed E-state index contributed by atoms with van der Waals surface area (Å²) in [6.45, 7) is 12.0. The second kappa shape index (κ2) is 7.55. The summed E-state index contributed by atoms with van der Waals surface area (Å²) < 4.78 is 5.67. The molecule has 27 heavy (non-hydrogen) atoms. The summed E-state index contributed by atoms with van der Waals surface area (Å²) in [6, 6.07) is 11.8. The Hall–Kier alpha value is -2.62. The highest BCUT2D eigenvalue weighted by atomic mass is 16.5. The van der Waals surface area contributed by atoms with E-state index in [4.69, 9.17) is 4.74 Å². The van der Waals surface area contributed by atoms with Gasteiger partial charge in [0.2, 0.25) is 0 Å². The minimum Gasteiger partial charge on any atom is -0.507 e. The van der Waals surface area contributed by atoms with Crippen LogP contribution in [0.15, 0.2) is 42.5 Å². The molecule has 0 saturated carbocycles. The molecule has 0 heterocycles. The lowest BCUT2D eigenvalue weighted by Crippen LogP contribution is -2.22. The minimum atomic E-state index is -0.417. The molecule has 0 saturated heterocycles. The highest BCUT2D eigenvalue weighted by Gasteiger charge is 2.20. The maximum atomic E-state index is 12.5. The summed E-state index contributed by atoms with van der Waals surface area (Å²) in [5.41, 5.74) is 1.32. The number of rotatable bonds is 5. The number of phenols is 1. The maximum Gasteiger partial charge on any atom is 0.174 e. The molecule has 144 valence electrons. The number of benzene rings is 2. The standard InChI is InChI=1S/C23H28O4/c1-22(2,3)16-9-7-15(8-10-16)19(24)14-21(26)18-12-11-17(13-20(18)25)27-23(4,5)6/h7-13,25H,14H2,1-6H3. The summed E-state index contributed by atoms with van der Waals surface area (Å²) in [5, 5.41) is 10.2. The molecular weight excluding hydrogens is 340 g/mol. The van der Waals surface area contributed by atoms with E-state index >= 15 is 0 Å². The first-order valence-electron chi connectivity index (χ1n) is 9.06. The predicted molar refractivity (Wildman–Crippen MR) is 107 cm³/mol.